The maximum absolute atomic E-state index is 3.51. The number of hydrogen-bond donors (Lipinski definition) is 0. The van der Waals surface area contributed by atoms with E-state index in [1.165, 1.54) is 9.35 Å². The van der Waals surface area contributed by atoms with Crippen LogP contribution in [0.15, 0.2) is 15.9 Å². The van der Waals surface area contributed by atoms with Crippen molar-refractivity contribution in [1.29, 1.82) is 0 Å². The Labute approximate surface area is 81.9 Å². The predicted octanol–water partition coefficient (Wildman–Crippen LogP) is 3.84. The molecule has 0 saturated heterocycles. The van der Waals surface area contributed by atoms with Gasteiger partial charge in [-0.3, -0.25) is 0 Å². The Kier molecular flexibility index (Phi) is 3.40. The molecule has 1 rings (SSSR count). The highest BCUT2D eigenvalue weighted by molar-refractivity contribution is 9.10. The van der Waals surface area contributed by atoms with Crippen LogP contribution in [-0.4, -0.2) is 4.83 Å². The van der Waals surface area contributed by atoms with Gasteiger partial charge in [-0.2, -0.15) is 0 Å². The molecule has 1 heterocycles. The van der Waals surface area contributed by atoms with E-state index in [0.29, 0.717) is 4.83 Å². The lowest BCUT2D eigenvalue weighted by molar-refractivity contribution is 0.980. The van der Waals surface area contributed by atoms with Gasteiger partial charge in [0.2, 0.25) is 0 Å². The van der Waals surface area contributed by atoms with E-state index in [4.69, 9.17) is 0 Å². The van der Waals surface area contributed by atoms with Gasteiger partial charge < -0.3 is 0 Å². The van der Waals surface area contributed by atoms with Crippen molar-refractivity contribution in [3.63, 3.8) is 0 Å². The molecule has 1 atom stereocenters. The van der Waals surface area contributed by atoms with E-state index in [2.05, 4.69) is 50.2 Å². The summed E-state index contributed by atoms with van der Waals surface area (Å²) in [6.07, 6.45) is 1.12. The van der Waals surface area contributed by atoms with Crippen LogP contribution in [-0.2, 0) is 6.42 Å². The molecule has 0 bridgehead atoms. The van der Waals surface area contributed by atoms with Crippen LogP contribution in [0.4, 0.5) is 0 Å². The Morgan fingerprint density at radius 3 is 2.80 bits per heavy atom. The van der Waals surface area contributed by atoms with E-state index in [1.54, 1.807) is 11.3 Å². The first kappa shape index (κ1) is 8.75. The van der Waals surface area contributed by atoms with Crippen molar-refractivity contribution in [3.8, 4) is 0 Å². The van der Waals surface area contributed by atoms with E-state index in [-0.39, 0.29) is 0 Å². The largest absolute Gasteiger partial charge is 0.148 e. The quantitative estimate of drug-likeness (QED) is 0.724. The van der Waals surface area contributed by atoms with Gasteiger partial charge in [0.05, 0.1) is 0 Å². The zero-order valence-corrected chi connectivity index (χ0v) is 9.59. The van der Waals surface area contributed by atoms with Crippen LogP contribution in [0, 0.1) is 0 Å². The number of halogens is 2. The molecule has 0 aliphatic carbocycles. The van der Waals surface area contributed by atoms with Gasteiger partial charge >= 0.3 is 0 Å². The average molecular weight is 284 g/mol. The van der Waals surface area contributed by atoms with E-state index in [0.717, 1.165) is 6.42 Å². The number of alkyl halides is 1. The summed E-state index contributed by atoms with van der Waals surface area (Å²) < 4.78 is 1.20. The Bertz CT molecular complexity index is 205. The van der Waals surface area contributed by atoms with Gasteiger partial charge in [0.15, 0.2) is 0 Å². The van der Waals surface area contributed by atoms with Crippen molar-refractivity contribution >= 4 is 43.2 Å². The Balaban J connectivity index is 2.58. The summed E-state index contributed by atoms with van der Waals surface area (Å²) in [6.45, 7) is 2.16. The average Bonchev–Trinajstić information content (AvgIpc) is 2.13. The highest BCUT2D eigenvalue weighted by atomic mass is 79.9. The molecule has 0 N–H and O–H groups in total. The van der Waals surface area contributed by atoms with Crippen molar-refractivity contribution in [2.45, 2.75) is 18.2 Å². The van der Waals surface area contributed by atoms with Crippen molar-refractivity contribution < 1.29 is 0 Å². The smallest absolute Gasteiger partial charge is 0.0285 e. The fourth-order valence-corrected chi connectivity index (χ4v) is 2.88. The molecule has 0 nitrogen and oxygen atoms in total. The molecule has 0 saturated carbocycles. The third kappa shape index (κ3) is 2.72. The molecule has 0 amide bonds. The summed E-state index contributed by atoms with van der Waals surface area (Å²) in [5.41, 5.74) is 0. The van der Waals surface area contributed by atoms with Gasteiger partial charge in [0.25, 0.3) is 0 Å². The summed E-state index contributed by atoms with van der Waals surface area (Å²) in [6, 6.07) is 2.17. The Hall–Kier alpha value is 0.660. The van der Waals surface area contributed by atoms with Crippen molar-refractivity contribution in [2.24, 2.45) is 0 Å². The minimum Gasteiger partial charge on any atom is -0.148 e. The highest BCUT2D eigenvalue weighted by Crippen LogP contribution is 2.22. The molecule has 1 unspecified atom stereocenters. The minimum atomic E-state index is 0.582. The summed E-state index contributed by atoms with van der Waals surface area (Å²) in [5.74, 6) is 0. The van der Waals surface area contributed by atoms with Gasteiger partial charge in [-0.25, -0.2) is 0 Å². The van der Waals surface area contributed by atoms with Crippen LogP contribution < -0.4 is 0 Å². The van der Waals surface area contributed by atoms with Crippen molar-refractivity contribution in [3.05, 3.63) is 20.8 Å². The second-order valence-electron chi connectivity index (χ2n) is 2.22. The van der Waals surface area contributed by atoms with E-state index >= 15 is 0 Å². The van der Waals surface area contributed by atoms with Gasteiger partial charge in [-0.15, -0.1) is 11.3 Å². The second-order valence-corrected chi connectivity index (χ2v) is 5.69. The van der Waals surface area contributed by atoms with Crippen LogP contribution in [0.2, 0.25) is 0 Å². The maximum Gasteiger partial charge on any atom is 0.0285 e. The van der Waals surface area contributed by atoms with E-state index in [1.807, 2.05) is 0 Å². The van der Waals surface area contributed by atoms with Crippen LogP contribution in [0.3, 0.4) is 0 Å². The fraction of sp³-hybridized carbons (Fsp3) is 0.429. The molecule has 0 fully saturated rings. The lowest BCUT2D eigenvalue weighted by Crippen LogP contribution is -1.92. The van der Waals surface area contributed by atoms with Crippen LogP contribution in [0.25, 0.3) is 0 Å². The first-order valence-electron chi connectivity index (χ1n) is 3.05. The van der Waals surface area contributed by atoms with Crippen LogP contribution in [0.5, 0.6) is 0 Å². The zero-order valence-electron chi connectivity index (χ0n) is 5.60. The number of thiophene rings is 1. The zero-order chi connectivity index (χ0) is 7.56. The minimum absolute atomic E-state index is 0.582. The fourth-order valence-electron chi connectivity index (χ4n) is 0.738. The normalized spacial score (nSPS) is 13.5. The predicted molar refractivity (Wildman–Crippen MR) is 54.1 cm³/mol. The molecule has 0 aliphatic rings. The maximum atomic E-state index is 3.51. The standard InChI is InChI=1S/C7H8Br2S/c1-5(8)2-7-3-6(9)4-10-7/h3-5H,2H2,1H3. The Morgan fingerprint density at radius 2 is 2.40 bits per heavy atom. The first-order chi connectivity index (χ1) is 4.68. The molecule has 3 heteroatoms. The number of hydrogen-bond acceptors (Lipinski definition) is 1. The van der Waals surface area contributed by atoms with Crippen molar-refractivity contribution in [2.75, 3.05) is 0 Å². The van der Waals surface area contributed by atoms with Gasteiger partial charge in [0.1, 0.15) is 0 Å². The molecule has 0 radical (unpaired) electrons. The van der Waals surface area contributed by atoms with E-state index in [9.17, 15) is 0 Å². The highest BCUT2D eigenvalue weighted by Gasteiger charge is 2.00. The molecular weight excluding hydrogens is 276 g/mol. The molecule has 56 valence electrons. The molecular formula is C7H8Br2S. The van der Waals surface area contributed by atoms with Gasteiger partial charge in [-0.05, 0) is 28.4 Å². The number of rotatable bonds is 2. The second kappa shape index (κ2) is 3.88. The molecule has 0 aromatic carbocycles. The summed E-state index contributed by atoms with van der Waals surface area (Å²) >= 11 is 8.73. The molecule has 0 aliphatic heterocycles. The van der Waals surface area contributed by atoms with Crippen LogP contribution in [0.1, 0.15) is 11.8 Å². The molecule has 0 spiro atoms. The Morgan fingerprint density at radius 1 is 1.70 bits per heavy atom. The molecule has 1 aromatic heterocycles. The van der Waals surface area contributed by atoms with Crippen molar-refractivity contribution in [1.82, 2.24) is 0 Å². The summed E-state index contributed by atoms with van der Waals surface area (Å²) in [4.78, 5) is 2.01. The lowest BCUT2D eigenvalue weighted by Gasteiger charge is -1.96. The topological polar surface area (TPSA) is 0 Å². The molecule has 10 heavy (non-hydrogen) atoms. The summed E-state index contributed by atoms with van der Waals surface area (Å²) in [5, 5.41) is 2.12. The summed E-state index contributed by atoms with van der Waals surface area (Å²) in [7, 11) is 0. The SMILES string of the molecule is CC(Br)Cc1cc(Br)cs1. The van der Waals surface area contributed by atoms with Gasteiger partial charge in [0, 0.05) is 19.6 Å². The first-order valence-corrected chi connectivity index (χ1v) is 5.64. The lowest BCUT2D eigenvalue weighted by atomic mass is 10.3. The third-order valence-corrected chi connectivity index (χ3v) is 3.15. The van der Waals surface area contributed by atoms with Gasteiger partial charge in [-0.1, -0.05) is 22.9 Å². The third-order valence-electron chi connectivity index (χ3n) is 1.10. The van der Waals surface area contributed by atoms with Crippen LogP contribution >= 0.6 is 43.2 Å². The van der Waals surface area contributed by atoms with E-state index < -0.39 is 0 Å². The monoisotopic (exact) mass is 282 g/mol. The molecule has 1 aromatic rings.